The van der Waals surface area contributed by atoms with Gasteiger partial charge in [-0.25, -0.2) is 4.98 Å². The highest BCUT2D eigenvalue weighted by Crippen LogP contribution is 2.34. The molecule has 0 amide bonds. The lowest BCUT2D eigenvalue weighted by atomic mass is 10.0. The van der Waals surface area contributed by atoms with Crippen LogP contribution in [0.5, 0.6) is 0 Å². The summed E-state index contributed by atoms with van der Waals surface area (Å²) in [6.45, 7) is 7.47. The molecule has 100 valence electrons. The van der Waals surface area contributed by atoms with Crippen molar-refractivity contribution >= 4 is 5.82 Å². The minimum absolute atomic E-state index is 0.510. The third-order valence-corrected chi connectivity index (χ3v) is 3.99. The Balaban J connectivity index is 2.15. The van der Waals surface area contributed by atoms with Gasteiger partial charge in [0.2, 0.25) is 0 Å². The summed E-state index contributed by atoms with van der Waals surface area (Å²) in [6, 6.07) is 6.52. The van der Waals surface area contributed by atoms with Crippen LogP contribution in [0.15, 0.2) is 18.2 Å². The average Bonchev–Trinajstić information content (AvgIpc) is 2.68. The van der Waals surface area contributed by atoms with Crippen LogP contribution >= 0.6 is 0 Å². The smallest absolute Gasteiger partial charge is 0.131 e. The van der Waals surface area contributed by atoms with Crippen LogP contribution < -0.4 is 5.73 Å². The molecule has 3 rings (SSSR count). The fourth-order valence-corrected chi connectivity index (χ4v) is 3.10. The minimum Gasteiger partial charge on any atom is -0.383 e. The van der Waals surface area contributed by atoms with Crippen molar-refractivity contribution in [2.75, 3.05) is 5.73 Å². The number of nitrogens with two attached hydrogens (primary N) is 1. The molecule has 0 spiro atoms. The van der Waals surface area contributed by atoms with Gasteiger partial charge in [0.1, 0.15) is 17.3 Å². The number of anilines is 1. The van der Waals surface area contributed by atoms with E-state index in [4.69, 9.17) is 10.7 Å². The van der Waals surface area contributed by atoms with Gasteiger partial charge in [-0.1, -0.05) is 24.1 Å². The van der Waals surface area contributed by atoms with E-state index < -0.39 is 0 Å². The number of benzene rings is 1. The summed E-state index contributed by atoms with van der Waals surface area (Å²) in [4.78, 5) is 4.82. The molecule has 0 bridgehead atoms. The molecular formula is C16H21N3. The molecule has 0 fully saturated rings. The molecule has 1 aromatic heterocycles. The van der Waals surface area contributed by atoms with Crippen molar-refractivity contribution in [3.63, 3.8) is 0 Å². The molecule has 1 aliphatic rings. The van der Waals surface area contributed by atoms with E-state index in [1.54, 1.807) is 0 Å². The van der Waals surface area contributed by atoms with Gasteiger partial charge in [-0.3, -0.25) is 0 Å². The van der Waals surface area contributed by atoms with Crippen LogP contribution in [0.2, 0.25) is 0 Å². The first-order chi connectivity index (χ1) is 9.06. The van der Waals surface area contributed by atoms with Crippen molar-refractivity contribution in [1.82, 2.24) is 9.55 Å². The predicted octanol–water partition coefficient (Wildman–Crippen LogP) is 3.65. The Labute approximate surface area is 114 Å². The van der Waals surface area contributed by atoms with Gasteiger partial charge in [0.25, 0.3) is 0 Å². The Kier molecular flexibility index (Phi) is 2.85. The second-order valence-electron chi connectivity index (χ2n) is 5.78. The second kappa shape index (κ2) is 4.41. The maximum absolute atomic E-state index is 6.32. The molecule has 1 aliphatic heterocycles. The number of nitrogen functional groups attached to an aromatic ring is 1. The molecule has 2 heterocycles. The maximum atomic E-state index is 6.32. The van der Waals surface area contributed by atoms with Gasteiger partial charge in [0.15, 0.2) is 0 Å². The number of aryl methyl sites for hydroxylation is 2. The normalized spacial score (nSPS) is 18.4. The van der Waals surface area contributed by atoms with Crippen LogP contribution in [-0.4, -0.2) is 9.55 Å². The zero-order valence-electron chi connectivity index (χ0n) is 11.9. The fourth-order valence-electron chi connectivity index (χ4n) is 3.10. The van der Waals surface area contributed by atoms with Gasteiger partial charge >= 0.3 is 0 Å². The van der Waals surface area contributed by atoms with Crippen LogP contribution in [0.25, 0.3) is 11.3 Å². The van der Waals surface area contributed by atoms with Gasteiger partial charge in [0, 0.05) is 18.0 Å². The van der Waals surface area contributed by atoms with Crippen molar-refractivity contribution in [2.45, 2.75) is 46.1 Å². The van der Waals surface area contributed by atoms with Gasteiger partial charge < -0.3 is 10.3 Å². The number of fused-ring (bicyclic) bond motifs is 1. The fraction of sp³-hybridized carbons (Fsp3) is 0.438. The van der Waals surface area contributed by atoms with E-state index in [9.17, 15) is 0 Å². The lowest BCUT2D eigenvalue weighted by Crippen LogP contribution is -2.15. The third kappa shape index (κ3) is 2.03. The zero-order chi connectivity index (χ0) is 13.6. The largest absolute Gasteiger partial charge is 0.383 e. The summed E-state index contributed by atoms with van der Waals surface area (Å²) in [5, 5.41) is 0. The van der Waals surface area contributed by atoms with Gasteiger partial charge in [-0.05, 0) is 38.8 Å². The van der Waals surface area contributed by atoms with E-state index in [2.05, 4.69) is 43.5 Å². The van der Waals surface area contributed by atoms with E-state index in [0.717, 1.165) is 29.4 Å². The molecule has 1 aromatic carbocycles. The highest BCUT2D eigenvalue weighted by molar-refractivity contribution is 5.72. The predicted molar refractivity (Wildman–Crippen MR) is 79.2 cm³/mol. The van der Waals surface area contributed by atoms with Crippen molar-refractivity contribution < 1.29 is 0 Å². The summed E-state index contributed by atoms with van der Waals surface area (Å²) in [5.74, 6) is 2.49. The number of nitrogens with zero attached hydrogens (tertiary/aromatic N) is 2. The Hall–Kier alpha value is -1.77. The highest BCUT2D eigenvalue weighted by atomic mass is 15.2. The van der Waals surface area contributed by atoms with E-state index in [1.165, 1.54) is 24.0 Å². The Morgan fingerprint density at radius 2 is 1.89 bits per heavy atom. The maximum Gasteiger partial charge on any atom is 0.131 e. The number of imidazole rings is 1. The van der Waals surface area contributed by atoms with Gasteiger partial charge in [-0.15, -0.1) is 0 Å². The molecule has 0 saturated carbocycles. The van der Waals surface area contributed by atoms with E-state index in [0.29, 0.717) is 5.92 Å². The highest BCUT2D eigenvalue weighted by Gasteiger charge is 2.23. The van der Waals surface area contributed by atoms with Gasteiger partial charge in [-0.2, -0.15) is 0 Å². The SMILES string of the molecule is Cc1cc(C)cc(-c2nc3n(c2N)CCCC3C)c1. The van der Waals surface area contributed by atoms with Crippen LogP contribution in [0.3, 0.4) is 0 Å². The van der Waals surface area contributed by atoms with Crippen LogP contribution in [0.4, 0.5) is 5.82 Å². The van der Waals surface area contributed by atoms with Crippen LogP contribution in [0.1, 0.15) is 42.6 Å². The molecule has 3 heteroatoms. The first-order valence-corrected chi connectivity index (χ1v) is 7.01. The molecule has 1 atom stereocenters. The summed E-state index contributed by atoms with van der Waals surface area (Å²) in [6.07, 6.45) is 2.41. The number of hydrogen-bond donors (Lipinski definition) is 1. The number of rotatable bonds is 1. The van der Waals surface area contributed by atoms with Crippen LogP contribution in [0, 0.1) is 13.8 Å². The summed E-state index contributed by atoms with van der Waals surface area (Å²) < 4.78 is 2.20. The standard InChI is InChI=1S/C16H21N3/c1-10-7-11(2)9-13(8-10)14-15(17)19-6-4-5-12(3)16(19)18-14/h7-9,12H,4-6,17H2,1-3H3. The Morgan fingerprint density at radius 1 is 1.21 bits per heavy atom. The van der Waals surface area contributed by atoms with Crippen molar-refractivity contribution in [3.05, 3.63) is 35.2 Å². The number of aromatic nitrogens is 2. The summed E-state index contributed by atoms with van der Waals surface area (Å²) in [7, 11) is 0. The third-order valence-electron chi connectivity index (χ3n) is 3.99. The van der Waals surface area contributed by atoms with Crippen molar-refractivity contribution in [3.8, 4) is 11.3 Å². The molecule has 2 N–H and O–H groups in total. The quantitative estimate of drug-likeness (QED) is 0.845. The van der Waals surface area contributed by atoms with E-state index >= 15 is 0 Å². The second-order valence-corrected chi connectivity index (χ2v) is 5.78. The van der Waals surface area contributed by atoms with E-state index in [-0.39, 0.29) is 0 Å². The van der Waals surface area contributed by atoms with Gasteiger partial charge in [0.05, 0.1) is 0 Å². The summed E-state index contributed by atoms with van der Waals surface area (Å²) >= 11 is 0. The molecule has 0 aliphatic carbocycles. The molecular weight excluding hydrogens is 234 g/mol. The molecule has 3 nitrogen and oxygen atoms in total. The first-order valence-electron chi connectivity index (χ1n) is 7.01. The Bertz CT molecular complexity index is 605. The summed E-state index contributed by atoms with van der Waals surface area (Å²) in [5.41, 5.74) is 10.9. The molecule has 2 aromatic rings. The lowest BCUT2D eigenvalue weighted by Gasteiger charge is -2.20. The van der Waals surface area contributed by atoms with Crippen molar-refractivity contribution in [1.29, 1.82) is 0 Å². The average molecular weight is 255 g/mol. The molecule has 19 heavy (non-hydrogen) atoms. The number of hydrogen-bond acceptors (Lipinski definition) is 2. The Morgan fingerprint density at radius 3 is 2.53 bits per heavy atom. The van der Waals surface area contributed by atoms with Crippen LogP contribution in [-0.2, 0) is 6.54 Å². The molecule has 1 unspecified atom stereocenters. The molecule has 0 saturated heterocycles. The van der Waals surface area contributed by atoms with E-state index in [1.807, 2.05) is 0 Å². The minimum atomic E-state index is 0.510. The topological polar surface area (TPSA) is 43.8 Å². The van der Waals surface area contributed by atoms with Crippen molar-refractivity contribution in [2.24, 2.45) is 0 Å². The zero-order valence-corrected chi connectivity index (χ0v) is 11.9. The monoisotopic (exact) mass is 255 g/mol. The first kappa shape index (κ1) is 12.3. The lowest BCUT2D eigenvalue weighted by molar-refractivity contribution is 0.467. The molecule has 0 radical (unpaired) electrons.